The van der Waals surface area contributed by atoms with E-state index in [1.807, 2.05) is 31.2 Å². The highest BCUT2D eigenvalue weighted by Gasteiger charge is 2.08. The van der Waals surface area contributed by atoms with Crippen LogP contribution in [0.25, 0.3) is 0 Å². The van der Waals surface area contributed by atoms with Crippen LogP contribution in [0.15, 0.2) is 42.5 Å². The van der Waals surface area contributed by atoms with E-state index in [1.165, 1.54) is 11.6 Å². The van der Waals surface area contributed by atoms with Gasteiger partial charge in [0.2, 0.25) is 0 Å². The molecule has 0 heterocycles. The van der Waals surface area contributed by atoms with Gasteiger partial charge in [0.25, 0.3) is 0 Å². The van der Waals surface area contributed by atoms with Crippen LogP contribution in [0, 0.1) is 5.82 Å². The largest absolute Gasteiger partial charge is 0.497 e. The van der Waals surface area contributed by atoms with E-state index in [-0.39, 0.29) is 16.9 Å². The summed E-state index contributed by atoms with van der Waals surface area (Å²) in [7, 11) is 1.66. The van der Waals surface area contributed by atoms with Gasteiger partial charge in [-0.2, -0.15) is 0 Å². The van der Waals surface area contributed by atoms with Crippen molar-refractivity contribution in [2.75, 3.05) is 13.7 Å². The summed E-state index contributed by atoms with van der Waals surface area (Å²) in [6.07, 6.45) is 0.887. The Labute approximate surface area is 129 Å². The standard InChI is InChI=1S/C17H19ClFNO/c1-12(14-6-7-16(18)17(19)11-14)20-9-8-13-4-3-5-15(10-13)21-2/h3-7,10-12,20H,8-9H2,1-2H3. The minimum atomic E-state index is -0.379. The molecule has 0 aliphatic heterocycles. The van der Waals surface area contributed by atoms with Crippen molar-refractivity contribution in [3.63, 3.8) is 0 Å². The Balaban J connectivity index is 1.88. The molecule has 0 aliphatic rings. The lowest BCUT2D eigenvalue weighted by atomic mass is 10.1. The normalized spacial score (nSPS) is 12.2. The number of hydrogen-bond acceptors (Lipinski definition) is 2. The summed E-state index contributed by atoms with van der Waals surface area (Å²) in [5, 5.41) is 3.54. The fourth-order valence-electron chi connectivity index (χ4n) is 2.16. The molecule has 1 unspecified atom stereocenters. The third kappa shape index (κ3) is 4.45. The van der Waals surface area contributed by atoms with Crippen molar-refractivity contribution in [3.05, 3.63) is 64.4 Å². The van der Waals surface area contributed by atoms with Gasteiger partial charge in [-0.15, -0.1) is 0 Å². The number of methoxy groups -OCH3 is 1. The van der Waals surface area contributed by atoms with E-state index in [9.17, 15) is 4.39 Å². The van der Waals surface area contributed by atoms with Crippen molar-refractivity contribution in [2.45, 2.75) is 19.4 Å². The summed E-state index contributed by atoms with van der Waals surface area (Å²) >= 11 is 5.69. The molecule has 0 fully saturated rings. The summed E-state index contributed by atoms with van der Waals surface area (Å²) < 4.78 is 18.6. The van der Waals surface area contributed by atoms with Gasteiger partial charge in [0.15, 0.2) is 0 Å². The zero-order chi connectivity index (χ0) is 15.2. The van der Waals surface area contributed by atoms with E-state index in [0.717, 1.165) is 24.3 Å². The van der Waals surface area contributed by atoms with E-state index in [0.29, 0.717) is 0 Å². The van der Waals surface area contributed by atoms with Gasteiger partial charge >= 0.3 is 0 Å². The van der Waals surface area contributed by atoms with Gasteiger partial charge in [-0.3, -0.25) is 0 Å². The third-order valence-electron chi connectivity index (χ3n) is 3.44. The second-order valence-electron chi connectivity index (χ2n) is 4.95. The molecule has 0 aliphatic carbocycles. The number of rotatable bonds is 6. The molecule has 0 saturated carbocycles. The van der Waals surface area contributed by atoms with E-state index < -0.39 is 0 Å². The molecule has 0 saturated heterocycles. The van der Waals surface area contributed by atoms with Crippen LogP contribution in [0.2, 0.25) is 5.02 Å². The molecule has 2 aromatic carbocycles. The van der Waals surface area contributed by atoms with Crippen molar-refractivity contribution in [1.29, 1.82) is 0 Å². The second kappa shape index (κ2) is 7.43. The quantitative estimate of drug-likeness (QED) is 0.855. The Kier molecular flexibility index (Phi) is 5.59. The predicted molar refractivity (Wildman–Crippen MR) is 84.5 cm³/mol. The number of hydrogen-bond donors (Lipinski definition) is 1. The number of nitrogens with one attached hydrogen (secondary N) is 1. The molecule has 0 spiro atoms. The van der Waals surface area contributed by atoms with E-state index >= 15 is 0 Å². The average Bonchev–Trinajstić information content (AvgIpc) is 2.50. The highest BCUT2D eigenvalue weighted by atomic mass is 35.5. The first-order valence-electron chi connectivity index (χ1n) is 6.91. The van der Waals surface area contributed by atoms with Gasteiger partial charge in [-0.25, -0.2) is 4.39 Å². The fraction of sp³-hybridized carbons (Fsp3) is 0.294. The van der Waals surface area contributed by atoms with Crippen molar-refractivity contribution >= 4 is 11.6 Å². The molecular weight excluding hydrogens is 289 g/mol. The molecular formula is C17H19ClFNO. The van der Waals surface area contributed by atoms with Gasteiger partial charge < -0.3 is 10.1 Å². The molecule has 2 rings (SSSR count). The fourth-order valence-corrected chi connectivity index (χ4v) is 2.28. The zero-order valence-electron chi connectivity index (χ0n) is 12.2. The van der Waals surface area contributed by atoms with Crippen LogP contribution in [-0.2, 0) is 6.42 Å². The van der Waals surface area contributed by atoms with Crippen LogP contribution < -0.4 is 10.1 Å². The molecule has 0 aromatic heterocycles. The zero-order valence-corrected chi connectivity index (χ0v) is 13.0. The van der Waals surface area contributed by atoms with Crippen molar-refractivity contribution in [3.8, 4) is 5.75 Å². The Hall–Kier alpha value is -1.58. The lowest BCUT2D eigenvalue weighted by Gasteiger charge is -2.15. The van der Waals surface area contributed by atoms with Crippen LogP contribution in [-0.4, -0.2) is 13.7 Å². The topological polar surface area (TPSA) is 21.3 Å². The van der Waals surface area contributed by atoms with Gasteiger partial charge in [0, 0.05) is 6.04 Å². The highest BCUT2D eigenvalue weighted by Crippen LogP contribution is 2.20. The second-order valence-corrected chi connectivity index (χ2v) is 5.36. The molecule has 2 aromatic rings. The van der Waals surface area contributed by atoms with Crippen LogP contribution in [0.3, 0.4) is 0 Å². The molecule has 0 radical (unpaired) electrons. The van der Waals surface area contributed by atoms with Crippen LogP contribution in [0.4, 0.5) is 4.39 Å². The number of halogens is 2. The third-order valence-corrected chi connectivity index (χ3v) is 3.75. The molecule has 1 N–H and O–H groups in total. The van der Waals surface area contributed by atoms with Gasteiger partial charge in [-0.05, 0) is 55.3 Å². The Morgan fingerprint density at radius 2 is 2.05 bits per heavy atom. The number of benzene rings is 2. The maximum atomic E-state index is 13.4. The molecule has 0 bridgehead atoms. The maximum absolute atomic E-state index is 13.4. The molecule has 21 heavy (non-hydrogen) atoms. The molecule has 0 amide bonds. The molecule has 112 valence electrons. The summed E-state index contributed by atoms with van der Waals surface area (Å²) in [6, 6.07) is 13.0. The predicted octanol–water partition coefficient (Wildman–Crippen LogP) is 4.38. The van der Waals surface area contributed by atoms with Gasteiger partial charge in [0.05, 0.1) is 12.1 Å². The summed E-state index contributed by atoms with van der Waals surface area (Å²) in [4.78, 5) is 0. The minimum absolute atomic E-state index is 0.0716. The molecule has 2 nitrogen and oxygen atoms in total. The molecule has 4 heteroatoms. The smallest absolute Gasteiger partial charge is 0.142 e. The first-order chi connectivity index (χ1) is 10.1. The van der Waals surface area contributed by atoms with Crippen molar-refractivity contribution in [2.24, 2.45) is 0 Å². The van der Waals surface area contributed by atoms with Crippen molar-refractivity contribution in [1.82, 2.24) is 5.32 Å². The maximum Gasteiger partial charge on any atom is 0.142 e. The Morgan fingerprint density at radius 1 is 1.24 bits per heavy atom. The lowest BCUT2D eigenvalue weighted by molar-refractivity contribution is 0.414. The molecule has 1 atom stereocenters. The van der Waals surface area contributed by atoms with E-state index in [4.69, 9.17) is 16.3 Å². The van der Waals surface area contributed by atoms with Crippen LogP contribution in [0.5, 0.6) is 5.75 Å². The van der Waals surface area contributed by atoms with E-state index in [2.05, 4.69) is 11.4 Å². The minimum Gasteiger partial charge on any atom is -0.497 e. The van der Waals surface area contributed by atoms with Crippen molar-refractivity contribution < 1.29 is 9.13 Å². The number of ether oxygens (including phenoxy) is 1. The van der Waals surface area contributed by atoms with Gasteiger partial charge in [0.1, 0.15) is 11.6 Å². The first kappa shape index (κ1) is 15.8. The van der Waals surface area contributed by atoms with E-state index in [1.54, 1.807) is 13.2 Å². The summed E-state index contributed by atoms with van der Waals surface area (Å²) in [5.74, 6) is 0.482. The Morgan fingerprint density at radius 3 is 2.76 bits per heavy atom. The lowest BCUT2D eigenvalue weighted by Crippen LogP contribution is -2.21. The van der Waals surface area contributed by atoms with Crippen LogP contribution >= 0.6 is 11.6 Å². The average molecular weight is 308 g/mol. The Bertz CT molecular complexity index is 603. The van der Waals surface area contributed by atoms with Crippen LogP contribution in [0.1, 0.15) is 24.1 Å². The highest BCUT2D eigenvalue weighted by molar-refractivity contribution is 6.30. The van der Waals surface area contributed by atoms with Gasteiger partial charge in [-0.1, -0.05) is 29.8 Å². The first-order valence-corrected chi connectivity index (χ1v) is 7.29. The summed E-state index contributed by atoms with van der Waals surface area (Å²) in [6.45, 7) is 2.81. The monoisotopic (exact) mass is 307 g/mol. The summed E-state index contributed by atoms with van der Waals surface area (Å²) in [5.41, 5.74) is 2.10. The SMILES string of the molecule is COc1cccc(CCNC(C)c2ccc(Cl)c(F)c2)c1.